The maximum absolute atomic E-state index is 5.62. The third-order valence-corrected chi connectivity index (χ3v) is 5.28. The molecule has 0 saturated carbocycles. The first kappa shape index (κ1) is 19.8. The van der Waals surface area contributed by atoms with Crippen molar-refractivity contribution in [1.29, 1.82) is 0 Å². The molecule has 6 nitrogen and oxygen atoms in total. The van der Waals surface area contributed by atoms with Crippen LogP contribution in [0.3, 0.4) is 0 Å². The van der Waals surface area contributed by atoms with E-state index in [1.807, 2.05) is 26.2 Å². The van der Waals surface area contributed by atoms with Gasteiger partial charge in [0.1, 0.15) is 0 Å². The molecule has 2 aromatic carbocycles. The fourth-order valence-corrected chi connectivity index (χ4v) is 3.74. The van der Waals surface area contributed by atoms with Crippen molar-refractivity contribution in [3.63, 3.8) is 0 Å². The lowest BCUT2D eigenvalue weighted by molar-refractivity contribution is 0.306. The highest BCUT2D eigenvalue weighted by Gasteiger charge is 2.23. The van der Waals surface area contributed by atoms with E-state index in [0.29, 0.717) is 23.0 Å². The molecule has 28 heavy (non-hydrogen) atoms. The number of anilines is 1. The SMILES string of the molecule is COc1cc(-c2cc(-c3ccc(N(C)C)cc3)sn2)c(OC)c(OC)c1OC. The molecule has 7 heteroatoms. The van der Waals surface area contributed by atoms with Crippen molar-refractivity contribution >= 4 is 17.2 Å². The van der Waals surface area contributed by atoms with Gasteiger partial charge in [0.2, 0.25) is 11.5 Å². The lowest BCUT2D eigenvalue weighted by Crippen LogP contribution is -2.07. The van der Waals surface area contributed by atoms with Gasteiger partial charge < -0.3 is 23.8 Å². The second kappa shape index (κ2) is 8.39. The predicted molar refractivity (Wildman–Crippen MR) is 114 cm³/mol. The van der Waals surface area contributed by atoms with Crippen LogP contribution in [0.15, 0.2) is 36.4 Å². The quantitative estimate of drug-likeness (QED) is 0.579. The van der Waals surface area contributed by atoms with Gasteiger partial charge in [0.05, 0.1) is 44.6 Å². The first-order chi connectivity index (χ1) is 13.5. The number of hydrogen-bond donors (Lipinski definition) is 0. The number of benzene rings is 2. The zero-order valence-electron chi connectivity index (χ0n) is 16.9. The summed E-state index contributed by atoms with van der Waals surface area (Å²) in [7, 11) is 10.4. The molecule has 0 spiro atoms. The van der Waals surface area contributed by atoms with Crippen LogP contribution in [0, 0.1) is 0 Å². The van der Waals surface area contributed by atoms with E-state index < -0.39 is 0 Å². The van der Waals surface area contributed by atoms with Crippen LogP contribution < -0.4 is 23.8 Å². The van der Waals surface area contributed by atoms with E-state index in [-0.39, 0.29) is 0 Å². The summed E-state index contributed by atoms with van der Waals surface area (Å²) in [5, 5.41) is 0. The van der Waals surface area contributed by atoms with Crippen LogP contribution in [0.2, 0.25) is 0 Å². The van der Waals surface area contributed by atoms with Gasteiger partial charge in [-0.05, 0) is 41.4 Å². The Labute approximate surface area is 169 Å². The fraction of sp³-hybridized carbons (Fsp3) is 0.286. The minimum absolute atomic E-state index is 0.476. The van der Waals surface area contributed by atoms with Gasteiger partial charge in [-0.3, -0.25) is 0 Å². The predicted octanol–water partition coefficient (Wildman–Crippen LogP) is 4.58. The zero-order valence-corrected chi connectivity index (χ0v) is 17.7. The molecule has 0 amide bonds. The van der Waals surface area contributed by atoms with Crippen molar-refractivity contribution in [3.8, 4) is 44.7 Å². The lowest BCUT2D eigenvalue weighted by atomic mass is 10.1. The summed E-state index contributed by atoms with van der Waals surface area (Å²) in [6.07, 6.45) is 0. The van der Waals surface area contributed by atoms with Gasteiger partial charge >= 0.3 is 0 Å². The normalized spacial score (nSPS) is 10.5. The molecule has 0 saturated heterocycles. The molecule has 0 aliphatic carbocycles. The third-order valence-electron chi connectivity index (χ3n) is 4.44. The summed E-state index contributed by atoms with van der Waals surface area (Å²) in [6.45, 7) is 0. The summed E-state index contributed by atoms with van der Waals surface area (Å²) < 4.78 is 26.7. The highest BCUT2D eigenvalue weighted by molar-refractivity contribution is 7.09. The van der Waals surface area contributed by atoms with Gasteiger partial charge in [-0.2, -0.15) is 4.37 Å². The molecule has 0 atom stereocenters. The summed E-state index contributed by atoms with van der Waals surface area (Å²) in [6, 6.07) is 12.3. The highest BCUT2D eigenvalue weighted by Crippen LogP contribution is 2.50. The van der Waals surface area contributed by atoms with Crippen molar-refractivity contribution in [2.75, 3.05) is 47.4 Å². The summed E-state index contributed by atoms with van der Waals surface area (Å²) in [4.78, 5) is 3.14. The molecule has 0 aliphatic heterocycles. The molecule has 148 valence electrons. The Kier molecular flexibility index (Phi) is 5.94. The molecule has 0 unspecified atom stereocenters. The van der Waals surface area contributed by atoms with Crippen molar-refractivity contribution in [2.24, 2.45) is 0 Å². The van der Waals surface area contributed by atoms with Gasteiger partial charge in [-0.25, -0.2) is 0 Å². The maximum atomic E-state index is 5.62. The van der Waals surface area contributed by atoms with E-state index in [1.54, 1.807) is 28.4 Å². The Bertz CT molecular complexity index is 952. The van der Waals surface area contributed by atoms with Crippen molar-refractivity contribution < 1.29 is 18.9 Å². The molecule has 3 rings (SSSR count). The van der Waals surface area contributed by atoms with E-state index in [0.717, 1.165) is 27.4 Å². The molecule has 1 aromatic heterocycles. The van der Waals surface area contributed by atoms with Crippen LogP contribution in [-0.4, -0.2) is 46.9 Å². The number of nitrogens with zero attached hydrogens (tertiary/aromatic N) is 2. The Balaban J connectivity index is 2.07. The number of aromatic nitrogens is 1. The molecule has 0 N–H and O–H groups in total. The molecule has 0 aliphatic rings. The van der Waals surface area contributed by atoms with Crippen LogP contribution in [0.1, 0.15) is 0 Å². The molecular formula is C21H24N2O4S. The summed E-state index contributed by atoms with van der Waals surface area (Å²) in [5.74, 6) is 2.07. The van der Waals surface area contributed by atoms with Crippen LogP contribution >= 0.6 is 11.5 Å². The second-order valence-corrected chi connectivity index (χ2v) is 7.05. The van der Waals surface area contributed by atoms with Crippen molar-refractivity contribution in [3.05, 3.63) is 36.4 Å². The number of ether oxygens (including phenoxy) is 4. The van der Waals surface area contributed by atoms with E-state index in [9.17, 15) is 0 Å². The standard InChI is InChI=1S/C21H24N2O4S/c1-23(2)14-9-7-13(8-10-14)18-12-16(22-28-18)15-11-17(24-3)20(26-5)21(27-6)19(15)25-4/h7-12H,1-6H3. The van der Waals surface area contributed by atoms with Crippen LogP contribution in [0.25, 0.3) is 21.7 Å². The van der Waals surface area contributed by atoms with E-state index >= 15 is 0 Å². The lowest BCUT2D eigenvalue weighted by Gasteiger charge is -2.17. The first-order valence-corrected chi connectivity index (χ1v) is 9.43. The number of rotatable bonds is 7. The average molecular weight is 401 g/mol. The minimum atomic E-state index is 0.476. The summed E-state index contributed by atoms with van der Waals surface area (Å²) in [5.41, 5.74) is 3.83. The summed E-state index contributed by atoms with van der Waals surface area (Å²) >= 11 is 1.44. The van der Waals surface area contributed by atoms with Gasteiger partial charge in [0.25, 0.3) is 0 Å². The topological polar surface area (TPSA) is 53.1 Å². The van der Waals surface area contributed by atoms with E-state index in [4.69, 9.17) is 18.9 Å². The van der Waals surface area contributed by atoms with Gasteiger partial charge in [-0.15, -0.1) is 0 Å². The van der Waals surface area contributed by atoms with Crippen molar-refractivity contribution in [2.45, 2.75) is 0 Å². The molecule has 1 heterocycles. The Morgan fingerprint density at radius 2 is 1.43 bits per heavy atom. The van der Waals surface area contributed by atoms with Crippen LogP contribution in [0.4, 0.5) is 5.69 Å². The number of methoxy groups -OCH3 is 4. The second-order valence-electron chi connectivity index (χ2n) is 6.24. The molecule has 0 bridgehead atoms. The van der Waals surface area contributed by atoms with Crippen LogP contribution in [0.5, 0.6) is 23.0 Å². The molecular weight excluding hydrogens is 376 g/mol. The Hall–Kier alpha value is -2.93. The maximum Gasteiger partial charge on any atom is 0.207 e. The largest absolute Gasteiger partial charge is 0.493 e. The third kappa shape index (κ3) is 3.57. The molecule has 0 radical (unpaired) electrons. The first-order valence-electron chi connectivity index (χ1n) is 8.65. The van der Waals surface area contributed by atoms with Gasteiger partial charge in [0.15, 0.2) is 11.5 Å². The monoisotopic (exact) mass is 400 g/mol. The van der Waals surface area contributed by atoms with Gasteiger partial charge in [0, 0.05) is 19.8 Å². The van der Waals surface area contributed by atoms with E-state index in [1.165, 1.54) is 11.5 Å². The smallest absolute Gasteiger partial charge is 0.207 e. The Morgan fingerprint density at radius 1 is 0.786 bits per heavy atom. The molecule has 3 aromatic rings. The minimum Gasteiger partial charge on any atom is -0.493 e. The fourth-order valence-electron chi connectivity index (χ4n) is 2.98. The van der Waals surface area contributed by atoms with Gasteiger partial charge in [-0.1, -0.05) is 12.1 Å². The zero-order chi connectivity index (χ0) is 20.3. The highest BCUT2D eigenvalue weighted by atomic mass is 32.1. The number of hydrogen-bond acceptors (Lipinski definition) is 7. The molecule has 0 fully saturated rings. The Morgan fingerprint density at radius 3 is 1.96 bits per heavy atom. The van der Waals surface area contributed by atoms with Crippen molar-refractivity contribution in [1.82, 2.24) is 4.37 Å². The van der Waals surface area contributed by atoms with E-state index in [2.05, 4.69) is 33.5 Å². The average Bonchev–Trinajstić information content (AvgIpc) is 3.21. The van der Waals surface area contributed by atoms with Crippen LogP contribution in [-0.2, 0) is 0 Å².